The molecule has 2 N–H and O–H groups in total. The molecule has 1 unspecified atom stereocenters. The molecule has 5 nitrogen and oxygen atoms in total. The lowest BCUT2D eigenvalue weighted by Crippen LogP contribution is -2.34. The van der Waals surface area contributed by atoms with Gasteiger partial charge in [-0.25, -0.2) is 0 Å². The van der Waals surface area contributed by atoms with Crippen LogP contribution in [0.25, 0.3) is 0 Å². The molecule has 0 aliphatic rings. The van der Waals surface area contributed by atoms with Crippen molar-refractivity contribution in [2.45, 2.75) is 44.8 Å². The highest BCUT2D eigenvalue weighted by Gasteiger charge is 2.17. The predicted octanol–water partition coefficient (Wildman–Crippen LogP) is 0.959. The normalized spacial score (nSPS) is 13.5. The van der Waals surface area contributed by atoms with Gasteiger partial charge in [-0.3, -0.25) is 9.35 Å². The Labute approximate surface area is 91.0 Å². The third-order valence-corrected chi connectivity index (χ3v) is 3.29. The van der Waals surface area contributed by atoms with Crippen molar-refractivity contribution in [3.05, 3.63) is 0 Å². The quantitative estimate of drug-likeness (QED) is 0.510. The van der Waals surface area contributed by atoms with Crippen molar-refractivity contribution in [3.8, 4) is 0 Å². The Hall–Kier alpha value is -0.620. The van der Waals surface area contributed by atoms with Gasteiger partial charge >= 0.3 is 0 Å². The fraction of sp³-hybridized carbons (Fsp3) is 0.889. The topological polar surface area (TPSA) is 83.5 Å². The lowest BCUT2D eigenvalue weighted by Gasteiger charge is -2.09. The zero-order valence-electron chi connectivity index (χ0n) is 9.19. The molecule has 6 heteroatoms. The van der Waals surface area contributed by atoms with Crippen LogP contribution in [0, 0.1) is 0 Å². The summed E-state index contributed by atoms with van der Waals surface area (Å²) < 4.78 is 29.9. The maximum Gasteiger partial charge on any atom is 0.269 e. The van der Waals surface area contributed by atoms with Crippen LogP contribution >= 0.6 is 0 Å². The van der Waals surface area contributed by atoms with Crippen molar-refractivity contribution in [2.75, 3.05) is 6.54 Å². The van der Waals surface area contributed by atoms with Gasteiger partial charge in [0.15, 0.2) is 0 Å². The van der Waals surface area contributed by atoms with Crippen LogP contribution in [-0.4, -0.2) is 30.7 Å². The Bertz CT molecular complexity index is 286. The number of unbranched alkanes of at least 4 members (excludes halogenated alkanes) is 2. The molecule has 0 radical (unpaired) electrons. The van der Waals surface area contributed by atoms with E-state index in [0.29, 0.717) is 6.42 Å². The molecule has 0 aliphatic heterocycles. The third-order valence-electron chi connectivity index (χ3n) is 2.10. The second-order valence-electron chi connectivity index (χ2n) is 3.59. The molecule has 90 valence electrons. The van der Waals surface area contributed by atoms with Gasteiger partial charge in [-0.05, 0) is 13.3 Å². The average Bonchev–Trinajstić information content (AvgIpc) is 2.13. The van der Waals surface area contributed by atoms with Crippen LogP contribution in [0.5, 0.6) is 0 Å². The van der Waals surface area contributed by atoms with Gasteiger partial charge in [0.05, 0.1) is 0 Å². The Morgan fingerprint density at radius 1 is 1.40 bits per heavy atom. The summed E-state index contributed by atoms with van der Waals surface area (Å²) in [7, 11) is -4.04. The molecule has 0 heterocycles. The van der Waals surface area contributed by atoms with E-state index in [1.165, 1.54) is 6.92 Å². The molecule has 15 heavy (non-hydrogen) atoms. The SMILES string of the molecule is CCCCCC(=O)NCC(C)S(=O)(=O)O. The second kappa shape index (κ2) is 6.79. The molecule has 0 rings (SSSR count). The van der Waals surface area contributed by atoms with Gasteiger partial charge in [0.2, 0.25) is 5.91 Å². The van der Waals surface area contributed by atoms with E-state index in [-0.39, 0.29) is 12.5 Å². The molecule has 1 atom stereocenters. The summed E-state index contributed by atoms with van der Waals surface area (Å²) in [5.74, 6) is -0.168. The van der Waals surface area contributed by atoms with Crippen molar-refractivity contribution in [3.63, 3.8) is 0 Å². The fourth-order valence-corrected chi connectivity index (χ4v) is 1.28. The zero-order valence-corrected chi connectivity index (χ0v) is 10.0. The van der Waals surface area contributed by atoms with Crippen molar-refractivity contribution in [2.24, 2.45) is 0 Å². The largest absolute Gasteiger partial charge is 0.355 e. The van der Waals surface area contributed by atoms with Crippen molar-refractivity contribution >= 4 is 16.0 Å². The first kappa shape index (κ1) is 14.4. The van der Waals surface area contributed by atoms with E-state index < -0.39 is 15.4 Å². The highest BCUT2D eigenvalue weighted by atomic mass is 32.2. The number of rotatable bonds is 7. The van der Waals surface area contributed by atoms with E-state index in [2.05, 4.69) is 5.32 Å². The number of hydrogen-bond donors (Lipinski definition) is 2. The van der Waals surface area contributed by atoms with Gasteiger partial charge in [-0.1, -0.05) is 19.8 Å². The first-order chi connectivity index (χ1) is 6.88. The van der Waals surface area contributed by atoms with E-state index in [1.54, 1.807) is 0 Å². The number of amides is 1. The van der Waals surface area contributed by atoms with Crippen LogP contribution in [0.3, 0.4) is 0 Å². The van der Waals surface area contributed by atoms with Crippen LogP contribution in [0.1, 0.15) is 39.5 Å². The lowest BCUT2D eigenvalue weighted by molar-refractivity contribution is -0.121. The molecule has 0 bridgehead atoms. The van der Waals surface area contributed by atoms with E-state index in [4.69, 9.17) is 4.55 Å². The number of nitrogens with one attached hydrogen (secondary N) is 1. The van der Waals surface area contributed by atoms with E-state index in [1.807, 2.05) is 6.92 Å². The van der Waals surface area contributed by atoms with Crippen molar-refractivity contribution in [1.82, 2.24) is 5.32 Å². The molecule has 0 saturated carbocycles. The van der Waals surface area contributed by atoms with Gasteiger partial charge in [0.25, 0.3) is 10.1 Å². The monoisotopic (exact) mass is 237 g/mol. The maximum atomic E-state index is 11.2. The van der Waals surface area contributed by atoms with Crippen molar-refractivity contribution in [1.29, 1.82) is 0 Å². The standard InChI is InChI=1S/C9H19NO4S/c1-3-4-5-6-9(11)10-7-8(2)15(12,13)14/h8H,3-7H2,1-2H3,(H,10,11)(H,12,13,14). The zero-order chi connectivity index (χ0) is 11.9. The Kier molecular flexibility index (Phi) is 6.51. The summed E-state index contributed by atoms with van der Waals surface area (Å²) in [5.41, 5.74) is 0. The summed E-state index contributed by atoms with van der Waals surface area (Å²) in [6.07, 6.45) is 3.24. The summed E-state index contributed by atoms with van der Waals surface area (Å²) in [5, 5.41) is 1.52. The molecule has 0 aliphatic carbocycles. The lowest BCUT2D eigenvalue weighted by atomic mass is 10.2. The molecule has 0 aromatic heterocycles. The summed E-state index contributed by atoms with van der Waals surface area (Å²) in [6.45, 7) is 3.35. The molecule has 0 aromatic carbocycles. The van der Waals surface area contributed by atoms with E-state index in [0.717, 1.165) is 19.3 Å². The highest BCUT2D eigenvalue weighted by Crippen LogP contribution is 1.99. The summed E-state index contributed by atoms with van der Waals surface area (Å²) >= 11 is 0. The summed E-state index contributed by atoms with van der Waals surface area (Å²) in [4.78, 5) is 11.2. The first-order valence-electron chi connectivity index (χ1n) is 5.11. The van der Waals surface area contributed by atoms with Crippen LogP contribution in [0.4, 0.5) is 0 Å². The van der Waals surface area contributed by atoms with Gasteiger partial charge in [0.1, 0.15) is 5.25 Å². The number of carbonyl (C=O) groups is 1. The molecule has 1 amide bonds. The predicted molar refractivity (Wildman–Crippen MR) is 58.2 cm³/mol. The molecule has 0 fully saturated rings. The third kappa shape index (κ3) is 7.33. The van der Waals surface area contributed by atoms with E-state index >= 15 is 0 Å². The molecule has 0 saturated heterocycles. The average molecular weight is 237 g/mol. The van der Waals surface area contributed by atoms with Gasteiger partial charge in [-0.2, -0.15) is 8.42 Å². The minimum absolute atomic E-state index is 0.0379. The second-order valence-corrected chi connectivity index (χ2v) is 5.42. The molecule has 0 aromatic rings. The fourth-order valence-electron chi connectivity index (χ4n) is 0.987. The van der Waals surface area contributed by atoms with Crippen LogP contribution < -0.4 is 5.32 Å². The highest BCUT2D eigenvalue weighted by molar-refractivity contribution is 7.86. The van der Waals surface area contributed by atoms with E-state index in [9.17, 15) is 13.2 Å². The number of carbonyl (C=O) groups excluding carboxylic acids is 1. The molecule has 0 spiro atoms. The Balaban J connectivity index is 3.72. The molecular formula is C9H19NO4S. The van der Waals surface area contributed by atoms with Crippen LogP contribution in [0.2, 0.25) is 0 Å². The van der Waals surface area contributed by atoms with Gasteiger partial charge in [0, 0.05) is 13.0 Å². The Morgan fingerprint density at radius 3 is 2.47 bits per heavy atom. The van der Waals surface area contributed by atoms with Crippen LogP contribution in [0.15, 0.2) is 0 Å². The van der Waals surface area contributed by atoms with Crippen molar-refractivity contribution < 1.29 is 17.8 Å². The Morgan fingerprint density at radius 2 is 2.00 bits per heavy atom. The van der Waals surface area contributed by atoms with Crippen LogP contribution in [-0.2, 0) is 14.9 Å². The smallest absolute Gasteiger partial charge is 0.269 e. The molecular weight excluding hydrogens is 218 g/mol. The maximum absolute atomic E-state index is 11.2. The minimum Gasteiger partial charge on any atom is -0.355 e. The summed E-state index contributed by atoms with van der Waals surface area (Å²) in [6, 6.07) is 0. The minimum atomic E-state index is -4.04. The number of hydrogen-bond acceptors (Lipinski definition) is 3. The van der Waals surface area contributed by atoms with Gasteiger partial charge < -0.3 is 5.32 Å². The van der Waals surface area contributed by atoms with Gasteiger partial charge in [-0.15, -0.1) is 0 Å². The first-order valence-corrected chi connectivity index (χ1v) is 6.61.